The summed E-state index contributed by atoms with van der Waals surface area (Å²) in [6, 6.07) is 5.46. The third-order valence-electron chi connectivity index (χ3n) is 2.58. The van der Waals surface area contributed by atoms with Gasteiger partial charge < -0.3 is 20.8 Å². The number of amidine groups is 1. The number of ether oxygens (including phenoxy) is 1. The molecule has 18 heavy (non-hydrogen) atoms. The quantitative estimate of drug-likeness (QED) is 0.292. The van der Waals surface area contributed by atoms with Crippen LogP contribution in [0.4, 0.5) is 0 Å². The zero-order valence-electron chi connectivity index (χ0n) is 10.6. The Morgan fingerprint density at radius 1 is 1.50 bits per heavy atom. The summed E-state index contributed by atoms with van der Waals surface area (Å²) in [5, 5.41) is 20.5. The van der Waals surface area contributed by atoms with Crippen LogP contribution >= 0.6 is 0 Å². The van der Waals surface area contributed by atoms with E-state index in [1.165, 1.54) is 7.11 Å². The number of oxime groups is 1. The topological polar surface area (TPSA) is 91.3 Å². The van der Waals surface area contributed by atoms with Gasteiger partial charge in [0.25, 0.3) is 0 Å². The molecule has 0 aliphatic rings. The fourth-order valence-corrected chi connectivity index (χ4v) is 1.66. The second kappa shape index (κ2) is 6.83. The Hall–Kier alpha value is -1.79. The maximum atomic E-state index is 8.84. The van der Waals surface area contributed by atoms with Gasteiger partial charge in [-0.05, 0) is 24.7 Å². The predicted molar refractivity (Wildman–Crippen MR) is 68.9 cm³/mol. The van der Waals surface area contributed by atoms with Crippen LogP contribution in [0.5, 0.6) is 5.75 Å². The maximum absolute atomic E-state index is 8.84. The monoisotopic (exact) mass is 253 g/mol. The first-order chi connectivity index (χ1) is 8.62. The summed E-state index contributed by atoms with van der Waals surface area (Å²) >= 11 is 0. The largest absolute Gasteiger partial charge is 0.496 e. The molecule has 0 aromatic heterocycles. The minimum atomic E-state index is 0.0158. The number of nitrogens with zero attached hydrogens (tertiary/aromatic N) is 2. The summed E-state index contributed by atoms with van der Waals surface area (Å²) in [5.74, 6) is 0.572. The molecule has 0 unspecified atom stereocenters. The molecule has 6 heteroatoms. The average molecular weight is 253 g/mol. The normalized spacial score (nSPS) is 11.9. The van der Waals surface area contributed by atoms with E-state index in [9.17, 15) is 0 Å². The lowest BCUT2D eigenvalue weighted by Crippen LogP contribution is -2.21. The molecule has 6 nitrogen and oxygen atoms in total. The van der Waals surface area contributed by atoms with Crippen LogP contribution in [0.25, 0.3) is 0 Å². The van der Waals surface area contributed by atoms with E-state index in [-0.39, 0.29) is 12.4 Å². The fraction of sp³-hybridized carbons (Fsp3) is 0.417. The van der Waals surface area contributed by atoms with Crippen molar-refractivity contribution in [2.24, 2.45) is 10.9 Å². The van der Waals surface area contributed by atoms with E-state index in [2.05, 4.69) is 5.16 Å². The second-order valence-electron chi connectivity index (χ2n) is 3.98. The lowest BCUT2D eigenvalue weighted by Gasteiger charge is -2.16. The number of nitrogens with two attached hydrogens (primary N) is 1. The van der Waals surface area contributed by atoms with Gasteiger partial charge in [0.05, 0.1) is 19.3 Å². The van der Waals surface area contributed by atoms with Crippen LogP contribution in [0.15, 0.2) is 23.4 Å². The molecule has 0 saturated carbocycles. The number of likely N-dealkylation sites (N-methyl/N-ethyl adjacent to an activating group) is 1. The highest BCUT2D eigenvalue weighted by Crippen LogP contribution is 2.20. The van der Waals surface area contributed by atoms with Crippen LogP contribution in [-0.2, 0) is 6.54 Å². The lowest BCUT2D eigenvalue weighted by molar-refractivity contribution is 0.217. The summed E-state index contributed by atoms with van der Waals surface area (Å²) in [6.07, 6.45) is 0. The fourth-order valence-electron chi connectivity index (χ4n) is 1.66. The first kappa shape index (κ1) is 14.3. The van der Waals surface area contributed by atoms with Gasteiger partial charge in [0.2, 0.25) is 0 Å². The Labute approximate surface area is 106 Å². The van der Waals surface area contributed by atoms with Gasteiger partial charge in [-0.3, -0.25) is 4.90 Å². The minimum Gasteiger partial charge on any atom is -0.496 e. The number of hydrogen-bond acceptors (Lipinski definition) is 5. The van der Waals surface area contributed by atoms with Crippen LogP contribution in [0.3, 0.4) is 0 Å². The standard InChI is InChI=1S/C12H19N3O3/c1-15(5-6-16)8-9-3-4-10(12(13)14-17)11(7-9)18-2/h3-4,7,16-17H,5-6,8H2,1-2H3,(H2,13,14). The highest BCUT2D eigenvalue weighted by atomic mass is 16.5. The predicted octanol–water partition coefficient (Wildman–Crippen LogP) is 0.214. The van der Waals surface area contributed by atoms with Crippen molar-refractivity contribution in [1.82, 2.24) is 4.90 Å². The van der Waals surface area contributed by atoms with Crippen molar-refractivity contribution in [2.75, 3.05) is 27.3 Å². The Bertz CT molecular complexity index is 421. The number of benzene rings is 1. The Kier molecular flexibility index (Phi) is 5.41. The van der Waals surface area contributed by atoms with Crippen LogP contribution in [0, 0.1) is 0 Å². The Morgan fingerprint density at radius 3 is 2.78 bits per heavy atom. The number of hydrogen-bond donors (Lipinski definition) is 3. The minimum absolute atomic E-state index is 0.0158. The van der Waals surface area contributed by atoms with Gasteiger partial charge >= 0.3 is 0 Å². The van der Waals surface area contributed by atoms with Gasteiger partial charge in [-0.25, -0.2) is 0 Å². The molecule has 0 atom stereocenters. The zero-order valence-corrected chi connectivity index (χ0v) is 10.6. The van der Waals surface area contributed by atoms with Gasteiger partial charge in [-0.1, -0.05) is 11.2 Å². The van der Waals surface area contributed by atoms with E-state index in [0.717, 1.165) is 5.56 Å². The Balaban J connectivity index is 2.92. The zero-order chi connectivity index (χ0) is 13.5. The number of aliphatic hydroxyl groups excluding tert-OH is 1. The van der Waals surface area contributed by atoms with Gasteiger partial charge in [0.1, 0.15) is 5.75 Å². The molecule has 4 N–H and O–H groups in total. The van der Waals surface area contributed by atoms with Crippen LogP contribution < -0.4 is 10.5 Å². The smallest absolute Gasteiger partial charge is 0.173 e. The second-order valence-corrected chi connectivity index (χ2v) is 3.98. The van der Waals surface area contributed by atoms with E-state index in [1.54, 1.807) is 6.07 Å². The molecule has 0 spiro atoms. The van der Waals surface area contributed by atoms with Crippen molar-refractivity contribution in [1.29, 1.82) is 0 Å². The molecule has 100 valence electrons. The van der Waals surface area contributed by atoms with Gasteiger partial charge in [0.15, 0.2) is 5.84 Å². The van der Waals surface area contributed by atoms with Crippen LogP contribution in [0.2, 0.25) is 0 Å². The highest BCUT2D eigenvalue weighted by molar-refractivity contribution is 5.99. The summed E-state index contributed by atoms with van der Waals surface area (Å²) in [4.78, 5) is 1.98. The van der Waals surface area contributed by atoms with Crippen molar-refractivity contribution in [2.45, 2.75) is 6.54 Å². The number of aliphatic hydroxyl groups is 1. The van der Waals surface area contributed by atoms with Crippen molar-refractivity contribution in [3.63, 3.8) is 0 Å². The molecule has 1 rings (SSSR count). The molecule has 0 bridgehead atoms. The van der Waals surface area contributed by atoms with E-state index in [1.807, 2.05) is 24.1 Å². The Morgan fingerprint density at radius 2 is 2.22 bits per heavy atom. The lowest BCUT2D eigenvalue weighted by atomic mass is 10.1. The molecular formula is C12H19N3O3. The average Bonchev–Trinajstić information content (AvgIpc) is 2.38. The van der Waals surface area contributed by atoms with Gasteiger partial charge in [-0.2, -0.15) is 0 Å². The molecule has 0 amide bonds. The van der Waals surface area contributed by atoms with Gasteiger partial charge in [0, 0.05) is 13.1 Å². The third kappa shape index (κ3) is 3.61. The summed E-state index contributed by atoms with van der Waals surface area (Å²) in [6.45, 7) is 1.41. The summed E-state index contributed by atoms with van der Waals surface area (Å²) < 4.78 is 5.21. The highest BCUT2D eigenvalue weighted by Gasteiger charge is 2.09. The van der Waals surface area contributed by atoms with Crippen molar-refractivity contribution < 1.29 is 15.1 Å². The first-order valence-corrected chi connectivity index (χ1v) is 5.56. The molecule has 1 aromatic carbocycles. The van der Waals surface area contributed by atoms with E-state index in [4.69, 9.17) is 20.8 Å². The maximum Gasteiger partial charge on any atom is 0.173 e. The molecule has 0 radical (unpaired) electrons. The summed E-state index contributed by atoms with van der Waals surface area (Å²) in [7, 11) is 3.45. The molecular weight excluding hydrogens is 234 g/mol. The molecule has 0 saturated heterocycles. The van der Waals surface area contributed by atoms with E-state index >= 15 is 0 Å². The molecule has 0 aliphatic heterocycles. The van der Waals surface area contributed by atoms with Crippen LogP contribution in [-0.4, -0.2) is 48.4 Å². The van der Waals surface area contributed by atoms with Crippen molar-refractivity contribution >= 4 is 5.84 Å². The van der Waals surface area contributed by atoms with Crippen LogP contribution in [0.1, 0.15) is 11.1 Å². The molecule has 1 aromatic rings. The van der Waals surface area contributed by atoms with E-state index < -0.39 is 0 Å². The van der Waals surface area contributed by atoms with E-state index in [0.29, 0.717) is 24.4 Å². The van der Waals surface area contributed by atoms with Crippen molar-refractivity contribution in [3.8, 4) is 5.75 Å². The first-order valence-electron chi connectivity index (χ1n) is 5.56. The summed E-state index contributed by atoms with van der Waals surface area (Å²) in [5.41, 5.74) is 7.12. The third-order valence-corrected chi connectivity index (χ3v) is 2.58. The van der Waals surface area contributed by atoms with Crippen molar-refractivity contribution in [3.05, 3.63) is 29.3 Å². The SMILES string of the molecule is COc1cc(CN(C)CCO)ccc1/C(N)=N/O. The molecule has 0 fully saturated rings. The molecule has 0 aliphatic carbocycles. The van der Waals surface area contributed by atoms with Gasteiger partial charge in [-0.15, -0.1) is 0 Å². The number of methoxy groups -OCH3 is 1. The number of rotatable bonds is 6. The molecule has 0 heterocycles.